The van der Waals surface area contributed by atoms with E-state index in [2.05, 4.69) is 9.80 Å². The van der Waals surface area contributed by atoms with Crippen LogP contribution in [0.5, 0.6) is 0 Å². The third-order valence-corrected chi connectivity index (χ3v) is 6.03. The van der Waals surface area contributed by atoms with Crippen molar-refractivity contribution in [1.29, 1.82) is 0 Å². The number of anilines is 1. The van der Waals surface area contributed by atoms with Gasteiger partial charge in [0.05, 0.1) is 5.69 Å². The second-order valence-electron chi connectivity index (χ2n) is 6.53. The molecule has 1 aliphatic heterocycles. The van der Waals surface area contributed by atoms with Gasteiger partial charge in [-0.2, -0.15) is 0 Å². The van der Waals surface area contributed by atoms with Crippen molar-refractivity contribution in [3.05, 3.63) is 10.6 Å². The van der Waals surface area contributed by atoms with Crippen LogP contribution in [-0.2, 0) is 6.42 Å². The van der Waals surface area contributed by atoms with Gasteiger partial charge in [0.1, 0.15) is 0 Å². The third-order valence-electron chi connectivity index (χ3n) is 4.84. The van der Waals surface area contributed by atoms with Gasteiger partial charge in [-0.05, 0) is 38.0 Å². The third kappa shape index (κ3) is 2.59. The van der Waals surface area contributed by atoms with E-state index < -0.39 is 0 Å². The molecular weight excluding hydrogens is 268 g/mol. The minimum absolute atomic E-state index is 0.180. The first-order chi connectivity index (χ1) is 9.79. The van der Waals surface area contributed by atoms with Crippen LogP contribution in [0.25, 0.3) is 0 Å². The van der Waals surface area contributed by atoms with Gasteiger partial charge in [-0.3, -0.25) is 4.90 Å². The van der Waals surface area contributed by atoms with Crippen LogP contribution in [0.4, 0.5) is 5.13 Å². The summed E-state index contributed by atoms with van der Waals surface area (Å²) in [4.78, 5) is 11.4. The number of fused-ring (bicyclic) bond motifs is 1. The van der Waals surface area contributed by atoms with Crippen LogP contribution in [-0.4, -0.2) is 42.6 Å². The Morgan fingerprint density at radius 1 is 1.15 bits per heavy atom. The lowest BCUT2D eigenvalue weighted by Crippen LogP contribution is -2.47. The summed E-state index contributed by atoms with van der Waals surface area (Å²) in [6.07, 6.45) is 6.42. The number of piperazine rings is 1. The summed E-state index contributed by atoms with van der Waals surface area (Å²) in [5.41, 5.74) is 7.38. The zero-order chi connectivity index (χ0) is 13.5. The number of nitrogens with zero attached hydrogens (tertiary/aromatic N) is 3. The first-order valence-corrected chi connectivity index (χ1v) is 8.84. The highest BCUT2D eigenvalue weighted by Crippen LogP contribution is 2.36. The standard InChI is InChI=1S/C15H24N4S/c16-12-2-1-3-13-14(12)17-15(20-13)19-8-6-18(7-9-19)10-11-4-5-11/h11-12H,1-10,16H2. The Morgan fingerprint density at radius 2 is 1.95 bits per heavy atom. The predicted octanol–water partition coefficient (Wildman–Crippen LogP) is 2.01. The molecule has 20 heavy (non-hydrogen) atoms. The molecule has 1 saturated carbocycles. The Balaban J connectivity index is 1.41. The number of rotatable bonds is 3. The fourth-order valence-electron chi connectivity index (χ4n) is 3.36. The van der Waals surface area contributed by atoms with E-state index in [0.717, 1.165) is 25.4 Å². The van der Waals surface area contributed by atoms with E-state index in [4.69, 9.17) is 10.7 Å². The van der Waals surface area contributed by atoms with Crippen molar-refractivity contribution in [1.82, 2.24) is 9.88 Å². The molecule has 2 N–H and O–H groups in total. The molecule has 3 aliphatic rings. The fraction of sp³-hybridized carbons (Fsp3) is 0.800. The van der Waals surface area contributed by atoms with Gasteiger partial charge in [0.15, 0.2) is 5.13 Å². The zero-order valence-corrected chi connectivity index (χ0v) is 12.9. The van der Waals surface area contributed by atoms with Crippen LogP contribution in [0.3, 0.4) is 0 Å². The maximum Gasteiger partial charge on any atom is 0.185 e. The lowest BCUT2D eigenvalue weighted by atomic mass is 9.99. The Morgan fingerprint density at radius 3 is 2.65 bits per heavy atom. The van der Waals surface area contributed by atoms with Gasteiger partial charge < -0.3 is 10.6 Å². The quantitative estimate of drug-likeness (QED) is 0.926. The predicted molar refractivity (Wildman–Crippen MR) is 83.4 cm³/mol. The van der Waals surface area contributed by atoms with Gasteiger partial charge in [0.25, 0.3) is 0 Å². The van der Waals surface area contributed by atoms with Crippen molar-refractivity contribution in [2.24, 2.45) is 11.7 Å². The topological polar surface area (TPSA) is 45.4 Å². The highest BCUT2D eigenvalue weighted by Gasteiger charge is 2.28. The highest BCUT2D eigenvalue weighted by atomic mass is 32.1. The van der Waals surface area contributed by atoms with Crippen molar-refractivity contribution in [3.8, 4) is 0 Å². The number of aryl methyl sites for hydroxylation is 1. The van der Waals surface area contributed by atoms with Crippen LogP contribution in [0.1, 0.15) is 42.3 Å². The molecule has 1 aromatic heterocycles. The van der Waals surface area contributed by atoms with Crippen LogP contribution >= 0.6 is 11.3 Å². The largest absolute Gasteiger partial charge is 0.346 e. The number of thiazole rings is 1. The van der Waals surface area contributed by atoms with Gasteiger partial charge >= 0.3 is 0 Å². The van der Waals surface area contributed by atoms with Gasteiger partial charge in [-0.25, -0.2) is 4.98 Å². The minimum Gasteiger partial charge on any atom is -0.346 e. The Kier molecular flexibility index (Phi) is 3.44. The van der Waals surface area contributed by atoms with E-state index in [1.54, 1.807) is 0 Å². The molecule has 2 fully saturated rings. The van der Waals surface area contributed by atoms with Crippen LogP contribution in [0.15, 0.2) is 0 Å². The first-order valence-electron chi connectivity index (χ1n) is 8.02. The lowest BCUT2D eigenvalue weighted by molar-refractivity contribution is 0.248. The molecule has 110 valence electrons. The van der Waals surface area contributed by atoms with Gasteiger partial charge in [0, 0.05) is 43.6 Å². The summed E-state index contributed by atoms with van der Waals surface area (Å²) in [6, 6.07) is 0.180. The van der Waals surface area contributed by atoms with E-state index in [1.807, 2.05) is 11.3 Å². The molecule has 2 aliphatic carbocycles. The average molecular weight is 292 g/mol. The van der Waals surface area contributed by atoms with Gasteiger partial charge in [0.2, 0.25) is 0 Å². The molecule has 1 atom stereocenters. The molecule has 0 radical (unpaired) electrons. The Bertz CT molecular complexity index is 474. The molecular formula is C15H24N4S. The molecule has 4 rings (SSSR count). The second-order valence-corrected chi connectivity index (χ2v) is 7.60. The van der Waals surface area contributed by atoms with Crippen molar-refractivity contribution >= 4 is 16.5 Å². The minimum atomic E-state index is 0.180. The second kappa shape index (κ2) is 5.28. The van der Waals surface area contributed by atoms with Crippen molar-refractivity contribution in [2.45, 2.75) is 38.1 Å². The Hall–Kier alpha value is -0.650. The summed E-state index contributed by atoms with van der Waals surface area (Å²) < 4.78 is 0. The number of aromatic nitrogens is 1. The molecule has 0 aromatic carbocycles. The number of hydrogen-bond acceptors (Lipinski definition) is 5. The normalized spacial score (nSPS) is 27.6. The smallest absolute Gasteiger partial charge is 0.185 e. The van der Waals surface area contributed by atoms with Crippen LogP contribution in [0, 0.1) is 5.92 Å². The summed E-state index contributed by atoms with van der Waals surface area (Å²) in [5.74, 6) is 1.01. The van der Waals surface area contributed by atoms with Crippen LogP contribution in [0.2, 0.25) is 0 Å². The summed E-state index contributed by atoms with van der Waals surface area (Å²) in [5, 5.41) is 1.22. The number of hydrogen-bond donors (Lipinski definition) is 1. The lowest BCUT2D eigenvalue weighted by Gasteiger charge is -2.34. The van der Waals surface area contributed by atoms with Gasteiger partial charge in [-0.1, -0.05) is 0 Å². The SMILES string of the molecule is NC1CCCc2sc(N3CCN(CC4CC4)CC3)nc21. The van der Waals surface area contributed by atoms with E-state index in [0.29, 0.717) is 0 Å². The molecule has 1 saturated heterocycles. The van der Waals surface area contributed by atoms with Crippen molar-refractivity contribution < 1.29 is 0 Å². The molecule has 4 nitrogen and oxygen atoms in total. The number of nitrogens with two attached hydrogens (primary N) is 1. The summed E-state index contributed by atoms with van der Waals surface area (Å²) >= 11 is 1.89. The highest BCUT2D eigenvalue weighted by molar-refractivity contribution is 7.15. The maximum absolute atomic E-state index is 6.19. The molecule has 5 heteroatoms. The average Bonchev–Trinajstić information content (AvgIpc) is 3.16. The molecule has 2 heterocycles. The zero-order valence-electron chi connectivity index (χ0n) is 12.1. The first kappa shape index (κ1) is 13.0. The van der Waals surface area contributed by atoms with Crippen molar-refractivity contribution in [3.63, 3.8) is 0 Å². The Labute approximate surface area is 125 Å². The monoisotopic (exact) mass is 292 g/mol. The molecule has 1 unspecified atom stereocenters. The van der Waals surface area contributed by atoms with E-state index >= 15 is 0 Å². The summed E-state index contributed by atoms with van der Waals surface area (Å²) in [7, 11) is 0. The van der Waals surface area contributed by atoms with E-state index in [1.165, 1.54) is 61.0 Å². The molecule has 1 aromatic rings. The summed E-state index contributed by atoms with van der Waals surface area (Å²) in [6.45, 7) is 6.00. The molecule has 0 spiro atoms. The van der Waals surface area contributed by atoms with E-state index in [-0.39, 0.29) is 6.04 Å². The van der Waals surface area contributed by atoms with Gasteiger partial charge in [-0.15, -0.1) is 11.3 Å². The van der Waals surface area contributed by atoms with Crippen LogP contribution < -0.4 is 10.6 Å². The fourth-order valence-corrected chi connectivity index (χ4v) is 4.59. The van der Waals surface area contributed by atoms with Crippen molar-refractivity contribution in [2.75, 3.05) is 37.6 Å². The molecule has 0 bridgehead atoms. The maximum atomic E-state index is 6.19. The van der Waals surface area contributed by atoms with E-state index in [9.17, 15) is 0 Å². The molecule has 0 amide bonds.